The number of halogens is 4. The van der Waals surface area contributed by atoms with E-state index in [1.807, 2.05) is 48.5 Å². The maximum atomic E-state index is 12.5. The fourth-order valence-corrected chi connectivity index (χ4v) is 4.26. The second-order valence-electron chi connectivity index (χ2n) is 6.80. The Hall–Kier alpha value is -2.24. The van der Waals surface area contributed by atoms with E-state index in [2.05, 4.69) is 0 Å². The average molecular weight is 432 g/mol. The molecule has 0 bridgehead atoms. The summed E-state index contributed by atoms with van der Waals surface area (Å²) in [4.78, 5) is 5.05. The van der Waals surface area contributed by atoms with E-state index in [4.69, 9.17) is 16.6 Å². The summed E-state index contributed by atoms with van der Waals surface area (Å²) >= 11 is 6.19. The highest BCUT2D eigenvalue weighted by Crippen LogP contribution is 2.38. The van der Waals surface area contributed by atoms with Crippen molar-refractivity contribution < 1.29 is 13.2 Å². The van der Waals surface area contributed by atoms with Crippen molar-refractivity contribution in [2.45, 2.75) is 29.3 Å². The summed E-state index contributed by atoms with van der Waals surface area (Å²) in [6, 6.07) is 22.3. The minimum Gasteiger partial charge on any atom is -0.281 e. The molecule has 0 aromatic heterocycles. The summed E-state index contributed by atoms with van der Waals surface area (Å²) in [5, 5.41) is 0.717. The number of hydrogen-bond acceptors (Lipinski definition) is 2. The molecule has 0 N–H and O–H groups in total. The van der Waals surface area contributed by atoms with Gasteiger partial charge in [0, 0.05) is 21.2 Å². The number of thioether (sulfide) groups is 1. The zero-order chi connectivity index (χ0) is 20.4. The molecule has 0 fully saturated rings. The number of alkyl halides is 3. The van der Waals surface area contributed by atoms with Crippen LogP contribution in [0.25, 0.3) is 11.1 Å². The molecule has 0 spiro atoms. The van der Waals surface area contributed by atoms with E-state index < -0.39 is 5.51 Å². The van der Waals surface area contributed by atoms with Crippen LogP contribution in [0.2, 0.25) is 5.02 Å². The first-order chi connectivity index (χ1) is 13.9. The van der Waals surface area contributed by atoms with Gasteiger partial charge in [-0.25, -0.2) is 0 Å². The topological polar surface area (TPSA) is 12.4 Å². The fourth-order valence-electron chi connectivity index (χ4n) is 3.48. The minimum atomic E-state index is -4.27. The van der Waals surface area contributed by atoms with Crippen molar-refractivity contribution in [3.05, 3.63) is 88.9 Å². The lowest BCUT2D eigenvalue weighted by atomic mass is 9.99. The first-order valence-corrected chi connectivity index (χ1v) is 10.4. The Kier molecular flexibility index (Phi) is 5.70. The van der Waals surface area contributed by atoms with Crippen LogP contribution in [0, 0.1) is 0 Å². The van der Waals surface area contributed by atoms with Gasteiger partial charge in [0.15, 0.2) is 0 Å². The Morgan fingerprint density at radius 3 is 2.10 bits per heavy atom. The van der Waals surface area contributed by atoms with Gasteiger partial charge >= 0.3 is 5.51 Å². The minimum absolute atomic E-state index is 0.0980. The van der Waals surface area contributed by atoms with Crippen LogP contribution < -0.4 is 0 Å². The van der Waals surface area contributed by atoms with E-state index in [0.717, 1.165) is 45.8 Å². The van der Waals surface area contributed by atoms with Gasteiger partial charge in [0.25, 0.3) is 0 Å². The van der Waals surface area contributed by atoms with Gasteiger partial charge in [0.1, 0.15) is 0 Å². The first kappa shape index (κ1) is 20.0. The van der Waals surface area contributed by atoms with E-state index in [1.54, 1.807) is 12.1 Å². The van der Waals surface area contributed by atoms with E-state index in [1.165, 1.54) is 12.1 Å². The molecule has 1 heterocycles. The van der Waals surface area contributed by atoms with Gasteiger partial charge in [-0.2, -0.15) is 13.2 Å². The first-order valence-electron chi connectivity index (χ1n) is 9.17. The third-order valence-corrected chi connectivity index (χ3v) is 5.94. The lowest BCUT2D eigenvalue weighted by Crippen LogP contribution is -1.98. The standard InChI is InChI=1S/C23H17ClF3NS/c24-20-4-2-1-3-19(20)22-14-13-21(28-22)17-7-5-15(6-8-17)16-9-11-18(12-10-16)29-23(25,26)27/h1-12,21H,13-14H2. The average Bonchev–Trinajstić information content (AvgIpc) is 3.18. The van der Waals surface area contributed by atoms with Crippen LogP contribution in [-0.4, -0.2) is 11.2 Å². The van der Waals surface area contributed by atoms with Crippen LogP contribution in [0.5, 0.6) is 0 Å². The Labute approximate surface area is 176 Å². The molecule has 6 heteroatoms. The molecular weight excluding hydrogens is 415 g/mol. The maximum absolute atomic E-state index is 12.5. The third-order valence-electron chi connectivity index (χ3n) is 4.87. The number of benzene rings is 3. The molecule has 1 aliphatic rings. The molecule has 1 atom stereocenters. The van der Waals surface area contributed by atoms with Gasteiger partial charge in [0.05, 0.1) is 6.04 Å². The van der Waals surface area contributed by atoms with Crippen LogP contribution in [-0.2, 0) is 0 Å². The van der Waals surface area contributed by atoms with Crippen molar-refractivity contribution in [3.8, 4) is 11.1 Å². The molecule has 3 aromatic carbocycles. The summed E-state index contributed by atoms with van der Waals surface area (Å²) in [6.07, 6.45) is 1.82. The van der Waals surface area contributed by atoms with Crippen molar-refractivity contribution in [2.24, 2.45) is 4.99 Å². The summed E-state index contributed by atoms with van der Waals surface area (Å²) in [6.45, 7) is 0. The van der Waals surface area contributed by atoms with Gasteiger partial charge in [-0.05, 0) is 59.5 Å². The highest BCUT2D eigenvalue weighted by atomic mass is 35.5. The molecule has 1 unspecified atom stereocenters. The van der Waals surface area contributed by atoms with Gasteiger partial charge < -0.3 is 0 Å². The number of aliphatic imine (C=N–C) groups is 1. The third kappa shape index (κ3) is 4.85. The van der Waals surface area contributed by atoms with Crippen molar-refractivity contribution in [2.75, 3.05) is 0 Å². The van der Waals surface area contributed by atoms with Crippen molar-refractivity contribution in [1.82, 2.24) is 0 Å². The molecule has 148 valence electrons. The van der Waals surface area contributed by atoms with E-state index in [9.17, 15) is 13.2 Å². The number of rotatable bonds is 4. The van der Waals surface area contributed by atoms with Crippen LogP contribution in [0.4, 0.5) is 13.2 Å². The Bertz CT molecular complexity index is 1030. The predicted octanol–water partition coefficient (Wildman–Crippen LogP) is 7.94. The smallest absolute Gasteiger partial charge is 0.281 e. The van der Waals surface area contributed by atoms with Crippen LogP contribution in [0.1, 0.15) is 30.0 Å². The van der Waals surface area contributed by atoms with Crippen molar-refractivity contribution >= 4 is 29.1 Å². The molecule has 0 aliphatic carbocycles. The fraction of sp³-hybridized carbons (Fsp3) is 0.174. The van der Waals surface area contributed by atoms with Crippen LogP contribution in [0.15, 0.2) is 82.7 Å². The SMILES string of the molecule is FC(F)(F)Sc1ccc(-c2ccc(C3CCC(c4ccccc4Cl)=N3)cc2)cc1. The number of hydrogen-bond donors (Lipinski definition) is 0. The quantitative estimate of drug-likeness (QED) is 0.382. The van der Waals surface area contributed by atoms with E-state index in [-0.39, 0.29) is 22.7 Å². The molecule has 1 nitrogen and oxygen atoms in total. The highest BCUT2D eigenvalue weighted by Gasteiger charge is 2.29. The zero-order valence-electron chi connectivity index (χ0n) is 15.3. The van der Waals surface area contributed by atoms with Crippen molar-refractivity contribution in [1.29, 1.82) is 0 Å². The molecule has 0 saturated carbocycles. The summed E-state index contributed by atoms with van der Waals surface area (Å²) in [5.74, 6) is 0. The normalized spacial score (nSPS) is 16.7. The molecule has 0 saturated heterocycles. The largest absolute Gasteiger partial charge is 0.446 e. The monoisotopic (exact) mass is 431 g/mol. The predicted molar refractivity (Wildman–Crippen MR) is 114 cm³/mol. The molecule has 29 heavy (non-hydrogen) atoms. The highest BCUT2D eigenvalue weighted by molar-refractivity contribution is 8.00. The summed E-state index contributed by atoms with van der Waals surface area (Å²) in [5.41, 5.74) is 0.723. The van der Waals surface area contributed by atoms with Gasteiger partial charge in [-0.3, -0.25) is 4.99 Å². The zero-order valence-corrected chi connectivity index (χ0v) is 16.9. The second-order valence-corrected chi connectivity index (χ2v) is 8.35. The maximum Gasteiger partial charge on any atom is 0.446 e. The van der Waals surface area contributed by atoms with E-state index in [0.29, 0.717) is 0 Å². The Morgan fingerprint density at radius 1 is 0.862 bits per heavy atom. The van der Waals surface area contributed by atoms with Gasteiger partial charge in [-0.15, -0.1) is 0 Å². The molecule has 0 radical (unpaired) electrons. The Balaban J connectivity index is 1.49. The number of nitrogens with zero attached hydrogens (tertiary/aromatic N) is 1. The van der Waals surface area contributed by atoms with Gasteiger partial charge in [-0.1, -0.05) is 66.2 Å². The molecule has 4 rings (SSSR count). The molecular formula is C23H17ClF3NS. The lowest BCUT2D eigenvalue weighted by Gasteiger charge is -2.09. The Morgan fingerprint density at radius 2 is 1.48 bits per heavy atom. The second kappa shape index (κ2) is 8.25. The molecule has 0 amide bonds. The van der Waals surface area contributed by atoms with Gasteiger partial charge in [0.2, 0.25) is 0 Å². The van der Waals surface area contributed by atoms with Crippen LogP contribution >= 0.6 is 23.4 Å². The summed E-state index contributed by atoms with van der Waals surface area (Å²) in [7, 11) is 0. The molecule has 1 aliphatic heterocycles. The van der Waals surface area contributed by atoms with Crippen LogP contribution in [0.3, 0.4) is 0 Å². The van der Waals surface area contributed by atoms with E-state index >= 15 is 0 Å². The van der Waals surface area contributed by atoms with Crippen molar-refractivity contribution in [3.63, 3.8) is 0 Å². The molecule has 3 aromatic rings. The summed E-state index contributed by atoms with van der Waals surface area (Å²) < 4.78 is 37.4. The lowest BCUT2D eigenvalue weighted by molar-refractivity contribution is -0.0328.